The van der Waals surface area contributed by atoms with Crippen LogP contribution in [-0.4, -0.2) is 17.3 Å². The van der Waals surface area contributed by atoms with Crippen LogP contribution in [0.2, 0.25) is 0 Å². The van der Waals surface area contributed by atoms with E-state index < -0.39 is 5.60 Å². The van der Waals surface area contributed by atoms with Gasteiger partial charge in [0.15, 0.2) is 0 Å². The van der Waals surface area contributed by atoms with E-state index in [1.54, 1.807) is 6.07 Å². The number of anilines is 1. The van der Waals surface area contributed by atoms with Crippen LogP contribution in [0.5, 0.6) is 0 Å². The van der Waals surface area contributed by atoms with Crippen molar-refractivity contribution in [2.24, 2.45) is 0 Å². The number of hydrogen-bond donors (Lipinski definition) is 2. The minimum atomic E-state index is -0.753. The van der Waals surface area contributed by atoms with E-state index in [-0.39, 0.29) is 5.82 Å². The van der Waals surface area contributed by atoms with Gasteiger partial charge in [-0.25, -0.2) is 4.39 Å². The summed E-state index contributed by atoms with van der Waals surface area (Å²) in [5, 5.41) is 13.0. The molecule has 0 unspecified atom stereocenters. The molecule has 16 heavy (non-hydrogen) atoms. The molecule has 0 aromatic heterocycles. The van der Waals surface area contributed by atoms with Crippen LogP contribution in [0.15, 0.2) is 18.2 Å². The van der Waals surface area contributed by atoms with E-state index in [0.29, 0.717) is 25.1 Å². The van der Waals surface area contributed by atoms with E-state index in [4.69, 9.17) is 0 Å². The van der Waals surface area contributed by atoms with Crippen molar-refractivity contribution in [3.05, 3.63) is 29.6 Å². The molecule has 90 valence electrons. The molecule has 0 fully saturated rings. The van der Waals surface area contributed by atoms with Crippen molar-refractivity contribution in [1.29, 1.82) is 0 Å². The summed E-state index contributed by atoms with van der Waals surface area (Å²) >= 11 is 0. The molecule has 0 bridgehead atoms. The van der Waals surface area contributed by atoms with Gasteiger partial charge in [-0.05, 0) is 37.5 Å². The molecular weight excluding hydrogens is 205 g/mol. The summed E-state index contributed by atoms with van der Waals surface area (Å²) in [5.41, 5.74) is 0.590. The fourth-order valence-electron chi connectivity index (χ4n) is 1.52. The van der Waals surface area contributed by atoms with Crippen molar-refractivity contribution in [3.63, 3.8) is 0 Å². The largest absolute Gasteiger partial charge is 0.388 e. The van der Waals surface area contributed by atoms with Crippen LogP contribution < -0.4 is 5.32 Å². The van der Waals surface area contributed by atoms with Crippen LogP contribution in [0.1, 0.15) is 32.3 Å². The molecule has 0 aliphatic rings. The Balaban J connectivity index is 2.67. The van der Waals surface area contributed by atoms with Crippen molar-refractivity contribution in [1.82, 2.24) is 0 Å². The Kier molecular flexibility index (Phi) is 4.30. The van der Waals surface area contributed by atoms with Gasteiger partial charge in [-0.3, -0.25) is 0 Å². The molecular formula is C13H20FNO. The van der Waals surface area contributed by atoms with E-state index in [0.717, 1.165) is 5.56 Å². The molecule has 1 aromatic carbocycles. The van der Waals surface area contributed by atoms with Gasteiger partial charge in [0.2, 0.25) is 0 Å². The van der Waals surface area contributed by atoms with Crippen molar-refractivity contribution in [2.45, 2.75) is 39.2 Å². The Hall–Kier alpha value is -1.09. The minimum absolute atomic E-state index is 0.269. The molecule has 2 N–H and O–H groups in total. The number of aliphatic hydroxyl groups is 1. The number of nitrogens with one attached hydrogen (secondary N) is 1. The van der Waals surface area contributed by atoms with Gasteiger partial charge in [0, 0.05) is 6.54 Å². The molecule has 2 nitrogen and oxygen atoms in total. The van der Waals surface area contributed by atoms with Gasteiger partial charge in [0.05, 0.1) is 11.3 Å². The van der Waals surface area contributed by atoms with Crippen molar-refractivity contribution in [3.8, 4) is 0 Å². The van der Waals surface area contributed by atoms with Gasteiger partial charge >= 0.3 is 0 Å². The van der Waals surface area contributed by atoms with Gasteiger partial charge in [-0.2, -0.15) is 0 Å². The summed E-state index contributed by atoms with van der Waals surface area (Å²) in [5.74, 6) is -0.269. The average Bonchev–Trinajstić information content (AvgIpc) is 2.27. The Morgan fingerprint density at radius 3 is 2.44 bits per heavy atom. The molecule has 1 aromatic rings. The molecule has 0 aliphatic heterocycles. The highest BCUT2D eigenvalue weighted by atomic mass is 19.1. The molecule has 0 amide bonds. The van der Waals surface area contributed by atoms with E-state index in [1.807, 2.05) is 26.8 Å². The lowest BCUT2D eigenvalue weighted by Gasteiger charge is -2.26. The van der Waals surface area contributed by atoms with Gasteiger partial charge in [0.1, 0.15) is 5.82 Å². The first-order valence-corrected chi connectivity index (χ1v) is 5.73. The third-order valence-corrected chi connectivity index (χ3v) is 3.05. The van der Waals surface area contributed by atoms with Crippen LogP contribution >= 0.6 is 0 Å². The lowest BCUT2D eigenvalue weighted by Crippen LogP contribution is -2.35. The van der Waals surface area contributed by atoms with E-state index in [2.05, 4.69) is 5.32 Å². The number of benzene rings is 1. The maximum Gasteiger partial charge on any atom is 0.146 e. The summed E-state index contributed by atoms with van der Waals surface area (Å²) in [7, 11) is 0. The van der Waals surface area contributed by atoms with Gasteiger partial charge in [-0.1, -0.05) is 19.9 Å². The Labute approximate surface area is 96.5 Å². The van der Waals surface area contributed by atoms with Gasteiger partial charge in [0.25, 0.3) is 0 Å². The highest BCUT2D eigenvalue weighted by Crippen LogP contribution is 2.19. The Morgan fingerprint density at radius 2 is 1.94 bits per heavy atom. The quantitative estimate of drug-likeness (QED) is 0.807. The number of aryl methyl sites for hydroxylation is 1. The zero-order valence-electron chi connectivity index (χ0n) is 10.2. The van der Waals surface area contributed by atoms with E-state index in [9.17, 15) is 9.50 Å². The van der Waals surface area contributed by atoms with Crippen LogP contribution in [0, 0.1) is 12.7 Å². The predicted molar refractivity (Wildman–Crippen MR) is 65.2 cm³/mol. The van der Waals surface area contributed by atoms with E-state index >= 15 is 0 Å². The fraction of sp³-hybridized carbons (Fsp3) is 0.538. The SMILES string of the molecule is CCC(O)(CC)CNc1ccc(C)cc1F. The highest BCUT2D eigenvalue weighted by Gasteiger charge is 2.21. The predicted octanol–water partition coefficient (Wildman–Crippen LogP) is 3.10. The molecule has 3 heteroatoms. The Bertz CT molecular complexity index is 348. The minimum Gasteiger partial charge on any atom is -0.388 e. The Morgan fingerprint density at radius 1 is 1.31 bits per heavy atom. The lowest BCUT2D eigenvalue weighted by atomic mass is 9.97. The first-order chi connectivity index (χ1) is 7.50. The zero-order valence-corrected chi connectivity index (χ0v) is 10.2. The number of halogens is 1. The van der Waals surface area contributed by atoms with Crippen LogP contribution in [-0.2, 0) is 0 Å². The summed E-state index contributed by atoms with van der Waals surface area (Å²) in [6.45, 7) is 6.08. The first-order valence-electron chi connectivity index (χ1n) is 5.73. The molecule has 0 aliphatic carbocycles. The topological polar surface area (TPSA) is 32.3 Å². The second-order valence-electron chi connectivity index (χ2n) is 4.27. The third kappa shape index (κ3) is 3.20. The van der Waals surface area contributed by atoms with Crippen molar-refractivity contribution in [2.75, 3.05) is 11.9 Å². The normalized spacial score (nSPS) is 11.6. The fourth-order valence-corrected chi connectivity index (χ4v) is 1.52. The summed E-state index contributed by atoms with van der Waals surface area (Å²) < 4.78 is 13.5. The maximum absolute atomic E-state index is 13.5. The molecule has 0 saturated carbocycles. The summed E-state index contributed by atoms with van der Waals surface area (Å²) in [6, 6.07) is 5.04. The van der Waals surface area contributed by atoms with Crippen LogP contribution in [0.4, 0.5) is 10.1 Å². The van der Waals surface area contributed by atoms with Crippen molar-refractivity contribution < 1.29 is 9.50 Å². The molecule has 0 saturated heterocycles. The van der Waals surface area contributed by atoms with Crippen molar-refractivity contribution >= 4 is 5.69 Å². The molecule has 0 heterocycles. The average molecular weight is 225 g/mol. The zero-order chi connectivity index (χ0) is 12.2. The second-order valence-corrected chi connectivity index (χ2v) is 4.27. The molecule has 0 radical (unpaired) electrons. The first kappa shape index (κ1) is 13.0. The summed E-state index contributed by atoms with van der Waals surface area (Å²) in [6.07, 6.45) is 1.31. The standard InChI is InChI=1S/C13H20FNO/c1-4-13(16,5-2)9-15-12-7-6-10(3)8-11(12)14/h6-8,15-16H,4-5,9H2,1-3H3. The van der Waals surface area contributed by atoms with Crippen LogP contribution in [0.3, 0.4) is 0 Å². The maximum atomic E-state index is 13.5. The lowest BCUT2D eigenvalue weighted by molar-refractivity contribution is 0.0456. The number of rotatable bonds is 5. The molecule has 1 rings (SSSR count). The van der Waals surface area contributed by atoms with E-state index in [1.165, 1.54) is 6.07 Å². The smallest absolute Gasteiger partial charge is 0.146 e. The summed E-state index contributed by atoms with van der Waals surface area (Å²) in [4.78, 5) is 0. The third-order valence-electron chi connectivity index (χ3n) is 3.05. The van der Waals surface area contributed by atoms with Gasteiger partial charge in [-0.15, -0.1) is 0 Å². The molecule has 0 atom stereocenters. The van der Waals surface area contributed by atoms with Gasteiger partial charge < -0.3 is 10.4 Å². The highest BCUT2D eigenvalue weighted by molar-refractivity contribution is 5.46. The molecule has 0 spiro atoms. The monoisotopic (exact) mass is 225 g/mol. The number of hydrogen-bond acceptors (Lipinski definition) is 2. The van der Waals surface area contributed by atoms with Crippen LogP contribution in [0.25, 0.3) is 0 Å². The second kappa shape index (κ2) is 5.30.